The molecule has 0 spiro atoms. The molecule has 0 saturated carbocycles. The number of rotatable bonds is 7. The van der Waals surface area contributed by atoms with Crippen molar-refractivity contribution in [2.24, 2.45) is 5.92 Å². The lowest BCUT2D eigenvalue weighted by Crippen LogP contribution is -2.58. The first-order chi connectivity index (χ1) is 17.8. The number of thiocarbonyl (C=S) groups is 1. The third-order valence-electron chi connectivity index (χ3n) is 6.71. The number of hydrogen-bond acceptors (Lipinski definition) is 5. The predicted molar refractivity (Wildman–Crippen MR) is 150 cm³/mol. The van der Waals surface area contributed by atoms with E-state index in [1.54, 1.807) is 29.3 Å². The van der Waals surface area contributed by atoms with Crippen LogP contribution in [0.2, 0.25) is 0 Å². The Bertz CT molecular complexity index is 1560. The van der Waals surface area contributed by atoms with Crippen LogP contribution in [-0.4, -0.2) is 61.4 Å². The van der Waals surface area contributed by atoms with E-state index >= 15 is 0 Å². The minimum Gasteiger partial charge on any atom is -0.355 e. The molecule has 190 valence electrons. The van der Waals surface area contributed by atoms with Crippen molar-refractivity contribution < 1.29 is 13.2 Å². The largest absolute Gasteiger partial charge is 0.355 e. The van der Waals surface area contributed by atoms with Crippen molar-refractivity contribution in [2.75, 3.05) is 27.2 Å². The summed E-state index contributed by atoms with van der Waals surface area (Å²) in [5.74, 6) is -0.00567. The molecule has 2 N–H and O–H groups in total. The van der Waals surface area contributed by atoms with Gasteiger partial charge in [0.1, 0.15) is 0 Å². The van der Waals surface area contributed by atoms with E-state index in [1.165, 1.54) is 16.1 Å². The SMILES string of the molecule is CN(C)C(=S)NC(C(=O)c1ccc(S(=O)(=O)n2cc(-c3ccccc3)c3ccccc32)cc1)C1CNC1. The number of carbonyl (C=O) groups excluding carboxylic acids is 1. The van der Waals surface area contributed by atoms with E-state index in [2.05, 4.69) is 10.6 Å². The molecule has 4 aromatic rings. The Balaban J connectivity index is 1.48. The molecule has 0 amide bonds. The Labute approximate surface area is 222 Å². The Kier molecular flexibility index (Phi) is 6.85. The van der Waals surface area contributed by atoms with E-state index in [-0.39, 0.29) is 16.6 Å². The van der Waals surface area contributed by atoms with Crippen LogP contribution in [0.3, 0.4) is 0 Å². The highest BCUT2D eigenvalue weighted by atomic mass is 32.2. The smallest absolute Gasteiger partial charge is 0.268 e. The van der Waals surface area contributed by atoms with Crippen molar-refractivity contribution >= 4 is 44.0 Å². The lowest BCUT2D eigenvalue weighted by Gasteiger charge is -2.35. The highest BCUT2D eigenvalue weighted by molar-refractivity contribution is 7.90. The number of benzene rings is 3. The number of nitrogens with zero attached hydrogens (tertiary/aromatic N) is 2. The number of hydrogen-bond donors (Lipinski definition) is 2. The average molecular weight is 533 g/mol. The fraction of sp³-hybridized carbons (Fsp3) is 0.214. The molecule has 3 aromatic carbocycles. The highest BCUT2D eigenvalue weighted by Gasteiger charge is 2.34. The van der Waals surface area contributed by atoms with Gasteiger partial charge in [-0.05, 0) is 48.1 Å². The third-order valence-corrected chi connectivity index (χ3v) is 8.88. The Morgan fingerprint density at radius 2 is 1.65 bits per heavy atom. The van der Waals surface area contributed by atoms with Gasteiger partial charge in [-0.3, -0.25) is 4.79 Å². The molecule has 0 aliphatic carbocycles. The van der Waals surface area contributed by atoms with Gasteiger partial charge in [0.2, 0.25) is 0 Å². The normalized spacial score (nSPS) is 14.6. The van der Waals surface area contributed by atoms with Gasteiger partial charge in [0.15, 0.2) is 10.9 Å². The van der Waals surface area contributed by atoms with Crippen molar-refractivity contribution in [1.29, 1.82) is 0 Å². The molecule has 5 rings (SSSR count). The number of para-hydroxylation sites is 1. The summed E-state index contributed by atoms with van der Waals surface area (Å²) in [7, 11) is -0.257. The van der Waals surface area contributed by atoms with Gasteiger partial charge in [-0.25, -0.2) is 12.4 Å². The second-order valence-corrected chi connectivity index (χ2v) is 11.6. The fourth-order valence-electron chi connectivity index (χ4n) is 4.49. The zero-order chi connectivity index (χ0) is 26.2. The first-order valence-electron chi connectivity index (χ1n) is 12.0. The van der Waals surface area contributed by atoms with Crippen LogP contribution in [0.1, 0.15) is 10.4 Å². The molecule has 37 heavy (non-hydrogen) atoms. The summed E-state index contributed by atoms with van der Waals surface area (Å²) < 4.78 is 28.8. The lowest BCUT2D eigenvalue weighted by molar-refractivity contribution is 0.0893. The Morgan fingerprint density at radius 3 is 2.27 bits per heavy atom. The summed E-state index contributed by atoms with van der Waals surface area (Å²) in [6, 6.07) is 22.8. The van der Waals surface area contributed by atoms with Crippen LogP contribution in [0.4, 0.5) is 0 Å². The molecular weight excluding hydrogens is 504 g/mol. The van der Waals surface area contributed by atoms with Crippen LogP contribution in [0, 0.1) is 5.92 Å². The van der Waals surface area contributed by atoms with E-state index in [9.17, 15) is 13.2 Å². The lowest BCUT2D eigenvalue weighted by atomic mass is 9.88. The molecule has 1 aromatic heterocycles. The topological polar surface area (TPSA) is 83.4 Å². The van der Waals surface area contributed by atoms with Gasteiger partial charge in [-0.2, -0.15) is 0 Å². The molecule has 1 unspecified atom stereocenters. The molecule has 7 nitrogen and oxygen atoms in total. The molecule has 0 radical (unpaired) electrons. The van der Waals surface area contributed by atoms with Crippen LogP contribution >= 0.6 is 12.2 Å². The van der Waals surface area contributed by atoms with Gasteiger partial charge in [-0.1, -0.05) is 48.5 Å². The van der Waals surface area contributed by atoms with E-state index in [0.29, 0.717) is 16.2 Å². The second-order valence-electron chi connectivity index (χ2n) is 9.36. The number of aromatic nitrogens is 1. The molecule has 1 aliphatic rings. The van der Waals surface area contributed by atoms with Gasteiger partial charge in [-0.15, -0.1) is 0 Å². The molecule has 0 bridgehead atoms. The van der Waals surface area contributed by atoms with Crippen molar-refractivity contribution in [2.45, 2.75) is 10.9 Å². The number of Topliss-reactive ketones (excluding diaryl/α,β-unsaturated/α-hetero) is 1. The van der Waals surface area contributed by atoms with Crippen LogP contribution in [0.25, 0.3) is 22.0 Å². The summed E-state index contributed by atoms with van der Waals surface area (Å²) in [6.07, 6.45) is 1.67. The Hall–Kier alpha value is -3.53. The summed E-state index contributed by atoms with van der Waals surface area (Å²) >= 11 is 5.37. The first-order valence-corrected chi connectivity index (χ1v) is 13.9. The second kappa shape index (κ2) is 10.1. The maximum absolute atomic E-state index is 13.7. The van der Waals surface area contributed by atoms with Crippen LogP contribution in [0.15, 0.2) is 90.0 Å². The third kappa shape index (κ3) is 4.77. The van der Waals surface area contributed by atoms with Crippen molar-refractivity contribution in [1.82, 2.24) is 19.5 Å². The zero-order valence-corrected chi connectivity index (χ0v) is 22.2. The van der Waals surface area contributed by atoms with Gasteiger partial charge in [0.05, 0.1) is 16.5 Å². The quantitative estimate of drug-likeness (QED) is 0.277. The molecule has 1 aliphatic heterocycles. The maximum Gasteiger partial charge on any atom is 0.268 e. The van der Waals surface area contributed by atoms with E-state index < -0.39 is 16.1 Å². The summed E-state index contributed by atoms with van der Waals surface area (Å²) in [4.78, 5) is 15.2. The molecule has 2 heterocycles. The Morgan fingerprint density at radius 1 is 1.00 bits per heavy atom. The maximum atomic E-state index is 13.7. The number of fused-ring (bicyclic) bond motifs is 1. The minimum atomic E-state index is -3.90. The molecule has 1 saturated heterocycles. The molecule has 9 heteroatoms. The van der Waals surface area contributed by atoms with E-state index in [0.717, 1.165) is 29.6 Å². The van der Waals surface area contributed by atoms with Gasteiger partial charge >= 0.3 is 0 Å². The average Bonchev–Trinajstić information content (AvgIpc) is 3.28. The summed E-state index contributed by atoms with van der Waals surface area (Å²) in [5, 5.41) is 7.70. The molecular formula is C28H28N4O3S2. The monoisotopic (exact) mass is 532 g/mol. The van der Waals surface area contributed by atoms with Gasteiger partial charge < -0.3 is 15.5 Å². The standard InChI is InChI=1S/C28H28N4O3S2/c1-31(2)28(36)30-26(21-16-29-17-21)27(33)20-12-14-22(15-13-20)37(34,35)32-18-24(19-8-4-3-5-9-19)23-10-6-7-11-25(23)32/h3-15,18,21,26,29H,16-17H2,1-2H3,(H,30,36). The van der Waals surface area contributed by atoms with Crippen molar-refractivity contribution in [3.05, 3.63) is 90.6 Å². The van der Waals surface area contributed by atoms with Crippen LogP contribution in [0.5, 0.6) is 0 Å². The number of ketones is 1. The number of carbonyl (C=O) groups is 1. The van der Waals surface area contributed by atoms with Crippen molar-refractivity contribution in [3.8, 4) is 11.1 Å². The van der Waals surface area contributed by atoms with E-state index in [1.807, 2.05) is 62.6 Å². The van der Waals surface area contributed by atoms with Crippen molar-refractivity contribution in [3.63, 3.8) is 0 Å². The fourth-order valence-corrected chi connectivity index (χ4v) is 5.98. The van der Waals surface area contributed by atoms with Crippen LogP contribution in [-0.2, 0) is 10.0 Å². The van der Waals surface area contributed by atoms with Crippen LogP contribution < -0.4 is 10.6 Å². The molecule has 1 atom stereocenters. The highest BCUT2D eigenvalue weighted by Crippen LogP contribution is 2.33. The summed E-state index contributed by atoms with van der Waals surface area (Å²) in [6.45, 7) is 1.44. The van der Waals surface area contributed by atoms with E-state index in [4.69, 9.17) is 12.2 Å². The first kappa shape index (κ1) is 25.1. The zero-order valence-electron chi connectivity index (χ0n) is 20.6. The van der Waals surface area contributed by atoms with Gasteiger partial charge in [0.25, 0.3) is 10.0 Å². The predicted octanol–water partition coefficient (Wildman–Crippen LogP) is 3.75. The minimum absolute atomic E-state index is 0.108. The molecule has 1 fully saturated rings. The van der Waals surface area contributed by atoms with Gasteiger partial charge in [0, 0.05) is 55.8 Å². The summed E-state index contributed by atoms with van der Waals surface area (Å²) in [5.41, 5.74) is 2.81. The number of nitrogens with one attached hydrogen (secondary N) is 2.